The second-order valence-corrected chi connectivity index (χ2v) is 26.1. The number of benzene rings is 5. The van der Waals surface area contributed by atoms with Crippen molar-refractivity contribution in [2.45, 2.75) is 182 Å². The van der Waals surface area contributed by atoms with Gasteiger partial charge in [-0.3, -0.25) is 43.2 Å². The predicted molar refractivity (Wildman–Crippen MR) is 364 cm³/mol. The maximum absolute atomic E-state index is 14.6. The molecule has 0 radical (unpaired) electrons. The molecule has 8 amide bonds. The van der Waals surface area contributed by atoms with Crippen molar-refractivity contribution in [3.05, 3.63) is 154 Å². The highest BCUT2D eigenvalue weighted by Crippen LogP contribution is 2.54. The molecule has 0 saturated carbocycles. The summed E-state index contributed by atoms with van der Waals surface area (Å²) in [6, 6.07) is 22.9. The Morgan fingerprint density at radius 1 is 0.454 bits per heavy atom. The molecule has 24 heteroatoms. The molecule has 5 aromatic carbocycles. The van der Waals surface area contributed by atoms with Gasteiger partial charge in [-0.05, 0) is 87.1 Å². The van der Waals surface area contributed by atoms with Crippen molar-refractivity contribution >= 4 is 59.2 Å². The topological polar surface area (TPSA) is 339 Å². The molecule has 0 fully saturated rings. The van der Waals surface area contributed by atoms with Crippen molar-refractivity contribution in [3.63, 3.8) is 0 Å². The number of amides is 8. The van der Waals surface area contributed by atoms with Gasteiger partial charge in [0.25, 0.3) is 0 Å². The van der Waals surface area contributed by atoms with Gasteiger partial charge < -0.3 is 72.0 Å². The summed E-state index contributed by atoms with van der Waals surface area (Å²) < 4.78 is 29.3. The van der Waals surface area contributed by atoms with Crippen molar-refractivity contribution < 1.29 is 71.6 Å². The Hall–Kier alpha value is -9.84. The molecule has 0 aromatic heterocycles. The summed E-state index contributed by atoms with van der Waals surface area (Å²) in [5.41, 5.74) is 10.3. The van der Waals surface area contributed by atoms with Crippen LogP contribution in [0.4, 0.5) is 4.79 Å². The van der Waals surface area contributed by atoms with Gasteiger partial charge in [0, 0.05) is 28.5 Å². The smallest absolute Gasteiger partial charge is 0.408 e. The van der Waals surface area contributed by atoms with Gasteiger partial charge in [-0.25, -0.2) is 4.79 Å². The summed E-state index contributed by atoms with van der Waals surface area (Å²) in [6.45, 7) is 20.4. The number of nitrogens with two attached hydrogens (primary N) is 1. The molecule has 522 valence electrons. The molecule has 1 heterocycles. The van der Waals surface area contributed by atoms with Gasteiger partial charge in [0.15, 0.2) is 5.78 Å². The monoisotopic (exact) mass is 1340 g/mol. The van der Waals surface area contributed by atoms with Crippen LogP contribution in [0.15, 0.2) is 115 Å². The Morgan fingerprint density at radius 3 is 1.36 bits per heavy atom. The van der Waals surface area contributed by atoms with E-state index in [4.69, 9.17) is 29.4 Å². The number of alkyl carbamates (subject to hydrolysis) is 1. The molecule has 24 nitrogen and oxygen atoms in total. The molecule has 0 spiro atoms. The molecule has 6 rings (SSSR count). The van der Waals surface area contributed by atoms with Crippen LogP contribution in [-0.2, 0) is 84.1 Å². The first-order valence-corrected chi connectivity index (χ1v) is 32.7. The quantitative estimate of drug-likeness (QED) is 0.0196. The highest BCUT2D eigenvalue weighted by atomic mass is 16.5. The van der Waals surface area contributed by atoms with E-state index in [0.29, 0.717) is 28.2 Å². The number of carbonyl (C=O) groups is 10. The van der Waals surface area contributed by atoms with Crippen LogP contribution < -0.4 is 62.5 Å². The third-order valence-corrected chi connectivity index (χ3v) is 16.6. The maximum Gasteiger partial charge on any atom is 0.408 e. The maximum atomic E-state index is 14.6. The molecule has 97 heavy (non-hydrogen) atoms. The minimum absolute atomic E-state index is 0.0273. The Labute approximate surface area is 567 Å². The highest BCUT2D eigenvalue weighted by molar-refractivity contribution is 5.99. The number of hydrogen-bond acceptors (Lipinski definition) is 16. The third-order valence-electron chi connectivity index (χ3n) is 16.6. The zero-order valence-electron chi connectivity index (χ0n) is 57.8. The van der Waals surface area contributed by atoms with Gasteiger partial charge in [0.2, 0.25) is 41.4 Å². The first kappa shape index (κ1) is 76.2. The van der Waals surface area contributed by atoms with E-state index in [2.05, 4.69) is 42.5 Å². The van der Waals surface area contributed by atoms with Gasteiger partial charge in [0.1, 0.15) is 78.5 Å². The molecular weight excluding hydrogens is 1240 g/mol. The number of rotatable bonds is 33. The number of ketones is 1. The van der Waals surface area contributed by atoms with Gasteiger partial charge in [-0.15, -0.1) is 0 Å². The van der Waals surface area contributed by atoms with Gasteiger partial charge in [0.05, 0.1) is 38.3 Å². The fraction of sp³-hybridized carbons (Fsp3) is 0.452. The molecule has 5 aromatic rings. The van der Waals surface area contributed by atoms with Crippen molar-refractivity contribution in [1.29, 1.82) is 0 Å². The second kappa shape index (κ2) is 35.2. The average Bonchev–Trinajstić information content (AvgIpc) is 0.725. The van der Waals surface area contributed by atoms with E-state index in [0.717, 1.165) is 16.7 Å². The van der Waals surface area contributed by atoms with Crippen LogP contribution in [0.3, 0.4) is 0 Å². The van der Waals surface area contributed by atoms with Crippen LogP contribution in [0.2, 0.25) is 0 Å². The molecule has 9 atom stereocenters. The molecule has 0 bridgehead atoms. The summed E-state index contributed by atoms with van der Waals surface area (Å²) in [5, 5.41) is 21.3. The largest absolute Gasteiger partial charge is 0.496 e. The van der Waals surface area contributed by atoms with Crippen molar-refractivity contribution in [2.24, 2.45) is 23.5 Å². The van der Waals surface area contributed by atoms with E-state index in [-0.39, 0.29) is 67.8 Å². The number of nitrogens with one attached hydrogen (secondary N) is 8. The van der Waals surface area contributed by atoms with E-state index in [1.54, 1.807) is 80.6 Å². The van der Waals surface area contributed by atoms with Crippen LogP contribution in [0.5, 0.6) is 23.0 Å². The summed E-state index contributed by atoms with van der Waals surface area (Å²) in [5.74, 6) is -5.93. The average molecular weight is 1340 g/mol. The Balaban J connectivity index is 1.10. The lowest BCUT2D eigenvalue weighted by molar-refractivity contribution is -0.144. The zero-order valence-corrected chi connectivity index (χ0v) is 57.8. The fourth-order valence-corrected chi connectivity index (χ4v) is 11.1. The zero-order chi connectivity index (χ0) is 71.4. The van der Waals surface area contributed by atoms with Gasteiger partial charge in [-0.1, -0.05) is 159 Å². The molecule has 1 unspecified atom stereocenters. The number of methoxy groups -OCH3 is 2. The van der Waals surface area contributed by atoms with Crippen LogP contribution >= 0.6 is 0 Å². The molecule has 0 saturated heterocycles. The first-order chi connectivity index (χ1) is 45.9. The molecule has 1 aliphatic heterocycles. The van der Waals surface area contributed by atoms with E-state index >= 15 is 0 Å². The van der Waals surface area contributed by atoms with Gasteiger partial charge >= 0.3 is 12.1 Å². The molecule has 0 aliphatic carbocycles. The SMILES string of the molecule is COc1ccc2c(c1CC(=O)OCc1ccccc1)Oc1c(ccc(OC)c1C(N)C(=O)[C@H](C)NC(=O)[C@H](CC(C)C)NC(=O)[C@H](C)NC(=O)[C@H](CC(C)C)NC(=O)[C@H](Cc1ccccc1)NC(=O)[C@H](C)NC(=O)[C@H](C)NC(=O)[C@@H](NC(=O)OCc1ccccc1)C(C)C)C2(C)C. The lowest BCUT2D eigenvalue weighted by atomic mass is 9.73. The lowest BCUT2D eigenvalue weighted by Crippen LogP contribution is -2.60. The lowest BCUT2D eigenvalue weighted by Gasteiger charge is -2.38. The van der Waals surface area contributed by atoms with Crippen molar-refractivity contribution in [2.75, 3.05) is 14.2 Å². The van der Waals surface area contributed by atoms with Crippen molar-refractivity contribution in [1.82, 2.24) is 42.5 Å². The number of esters is 1. The van der Waals surface area contributed by atoms with Crippen molar-refractivity contribution in [3.8, 4) is 23.0 Å². The summed E-state index contributed by atoms with van der Waals surface area (Å²) in [6.07, 6.45) is -0.876. The normalized spacial score (nSPS) is 14.9. The standard InChI is InChI=1S/C73H95N9O15/c1-40(2)34-53(68(88)75-43(7)62(84)60(74)59-57(94-14)33-31-52-64(59)97-63-50(56(93-13)32-30-51(63)73(52,11)12)37-58(83)95-38-48-26-20-16-21-27-48)79-67(87)46(10)77-69(89)54(35-41(3)4)81-70(90)55(36-47-24-18-15-19-25-47)80-66(86)45(9)76-65(85)44(8)78-71(91)61(42(5)6)82-72(92)96-39-49-28-22-17-23-29-49/h15-33,40-46,53-55,60-61H,34-39,74H2,1-14H3,(H,75,88)(H,76,85)(H,77,89)(H,78,91)(H,79,87)(H,80,86)(H,81,90)(H,82,92)/t43-,44-,45-,46-,53-,54-,55-,60?,61-/m0/s1. The summed E-state index contributed by atoms with van der Waals surface area (Å²) in [7, 11) is 2.90. The van der Waals surface area contributed by atoms with Crippen LogP contribution in [0.25, 0.3) is 0 Å². The number of Topliss-reactive ketones (excluding diaryl/α,β-unsaturated/α-hetero) is 1. The highest BCUT2D eigenvalue weighted by Gasteiger charge is 2.42. The minimum atomic E-state index is -1.45. The van der Waals surface area contributed by atoms with Crippen LogP contribution in [0.1, 0.15) is 141 Å². The number of carbonyl (C=O) groups excluding carboxylic acids is 10. The molecule has 10 N–H and O–H groups in total. The van der Waals surface area contributed by atoms with Gasteiger partial charge in [-0.2, -0.15) is 0 Å². The summed E-state index contributed by atoms with van der Waals surface area (Å²) in [4.78, 5) is 138. The predicted octanol–water partition coefficient (Wildman–Crippen LogP) is 6.75. The minimum Gasteiger partial charge on any atom is -0.496 e. The first-order valence-electron chi connectivity index (χ1n) is 32.7. The van der Waals surface area contributed by atoms with Crippen LogP contribution in [0, 0.1) is 17.8 Å². The van der Waals surface area contributed by atoms with Crippen LogP contribution in [-0.4, -0.2) is 122 Å². The van der Waals surface area contributed by atoms with E-state index in [1.165, 1.54) is 41.9 Å². The third kappa shape index (κ3) is 21.1. The Kier molecular flexibility index (Phi) is 27.7. The Bertz CT molecular complexity index is 3590. The van der Waals surface area contributed by atoms with E-state index < -0.39 is 125 Å². The number of fused-ring (bicyclic) bond motifs is 2. The van der Waals surface area contributed by atoms with E-state index in [1.807, 2.05) is 90.1 Å². The molecular formula is C73H95N9O15. The molecule has 1 aliphatic rings. The fourth-order valence-electron chi connectivity index (χ4n) is 11.1. The van der Waals surface area contributed by atoms with E-state index in [9.17, 15) is 47.9 Å². The second-order valence-electron chi connectivity index (χ2n) is 26.1. The number of hydrogen-bond donors (Lipinski definition) is 9. The Morgan fingerprint density at radius 2 is 0.866 bits per heavy atom. The number of ether oxygens (including phenoxy) is 5. The summed E-state index contributed by atoms with van der Waals surface area (Å²) >= 11 is 0.